The van der Waals surface area contributed by atoms with Crippen molar-refractivity contribution >= 4 is 15.9 Å². The van der Waals surface area contributed by atoms with Gasteiger partial charge in [0, 0.05) is 12.1 Å². The standard InChI is InChI=1S/C19H22N2O3S/c1-14-5-7-15(8-6-14)18-4-3-13-21(18)19(22)16-9-11-17(12-10-16)25(23,24)20-2/h5-12,18,20H,3-4,13H2,1-2H3. The molecule has 3 rings (SSSR count). The Morgan fingerprint density at radius 1 is 1.08 bits per heavy atom. The van der Waals surface area contributed by atoms with E-state index in [1.807, 2.05) is 11.8 Å². The van der Waals surface area contributed by atoms with E-state index in [1.54, 1.807) is 12.1 Å². The highest BCUT2D eigenvalue weighted by atomic mass is 32.2. The largest absolute Gasteiger partial charge is 0.332 e. The molecule has 1 heterocycles. The zero-order chi connectivity index (χ0) is 18.0. The number of hydrogen-bond donors (Lipinski definition) is 1. The number of carbonyl (C=O) groups excluding carboxylic acids is 1. The SMILES string of the molecule is CNS(=O)(=O)c1ccc(C(=O)N2CCCC2c2ccc(C)cc2)cc1. The van der Waals surface area contributed by atoms with Gasteiger partial charge in [-0.1, -0.05) is 29.8 Å². The molecule has 1 N–H and O–H groups in total. The van der Waals surface area contributed by atoms with Crippen molar-refractivity contribution in [1.82, 2.24) is 9.62 Å². The van der Waals surface area contributed by atoms with Gasteiger partial charge in [0.15, 0.2) is 0 Å². The third-order valence-corrected chi connectivity index (χ3v) is 6.09. The Labute approximate surface area is 148 Å². The first-order valence-corrected chi connectivity index (χ1v) is 9.82. The van der Waals surface area contributed by atoms with Crippen LogP contribution in [0.3, 0.4) is 0 Å². The summed E-state index contributed by atoms with van der Waals surface area (Å²) >= 11 is 0. The number of benzene rings is 2. The zero-order valence-electron chi connectivity index (χ0n) is 14.4. The Kier molecular flexibility index (Phi) is 4.92. The smallest absolute Gasteiger partial charge is 0.254 e. The lowest BCUT2D eigenvalue weighted by Gasteiger charge is -2.25. The quantitative estimate of drug-likeness (QED) is 0.914. The van der Waals surface area contributed by atoms with Crippen molar-refractivity contribution in [3.05, 3.63) is 65.2 Å². The molecule has 0 spiro atoms. The number of sulfonamides is 1. The Hall–Kier alpha value is -2.18. The molecule has 0 saturated carbocycles. The fourth-order valence-electron chi connectivity index (χ4n) is 3.21. The average molecular weight is 358 g/mol. The van der Waals surface area contributed by atoms with Gasteiger partial charge in [0.05, 0.1) is 10.9 Å². The molecular formula is C19H22N2O3S. The minimum absolute atomic E-state index is 0.0588. The highest BCUT2D eigenvalue weighted by Crippen LogP contribution is 2.33. The molecule has 25 heavy (non-hydrogen) atoms. The van der Waals surface area contributed by atoms with Gasteiger partial charge in [-0.2, -0.15) is 0 Å². The normalized spacial score (nSPS) is 17.7. The van der Waals surface area contributed by atoms with E-state index in [0.29, 0.717) is 12.1 Å². The molecule has 5 nitrogen and oxygen atoms in total. The molecule has 1 unspecified atom stereocenters. The molecule has 0 aliphatic carbocycles. The lowest BCUT2D eigenvalue weighted by molar-refractivity contribution is 0.0735. The highest BCUT2D eigenvalue weighted by Gasteiger charge is 2.30. The number of hydrogen-bond acceptors (Lipinski definition) is 3. The van der Waals surface area contributed by atoms with Gasteiger partial charge >= 0.3 is 0 Å². The third-order valence-electron chi connectivity index (χ3n) is 4.66. The van der Waals surface area contributed by atoms with E-state index in [2.05, 4.69) is 29.0 Å². The minimum Gasteiger partial charge on any atom is -0.332 e. The number of likely N-dealkylation sites (tertiary alicyclic amines) is 1. The molecule has 1 atom stereocenters. The molecular weight excluding hydrogens is 336 g/mol. The summed E-state index contributed by atoms with van der Waals surface area (Å²) in [7, 11) is -2.13. The summed E-state index contributed by atoms with van der Waals surface area (Å²) in [6.07, 6.45) is 1.91. The van der Waals surface area contributed by atoms with Gasteiger partial charge in [0.1, 0.15) is 0 Å². The molecule has 1 fully saturated rings. The van der Waals surface area contributed by atoms with Crippen LogP contribution in [0.5, 0.6) is 0 Å². The fourth-order valence-corrected chi connectivity index (χ4v) is 3.94. The van der Waals surface area contributed by atoms with Crippen molar-refractivity contribution in [2.24, 2.45) is 0 Å². The summed E-state index contributed by atoms with van der Waals surface area (Å²) < 4.78 is 25.9. The van der Waals surface area contributed by atoms with Crippen LogP contribution < -0.4 is 4.72 Å². The second-order valence-electron chi connectivity index (χ2n) is 6.30. The minimum atomic E-state index is -3.49. The van der Waals surface area contributed by atoms with E-state index < -0.39 is 10.0 Å². The Bertz CT molecular complexity index is 859. The maximum Gasteiger partial charge on any atom is 0.254 e. The lowest BCUT2D eigenvalue weighted by Crippen LogP contribution is -2.30. The van der Waals surface area contributed by atoms with Crippen LogP contribution in [0.1, 0.15) is 40.4 Å². The monoisotopic (exact) mass is 358 g/mol. The van der Waals surface area contributed by atoms with Gasteiger partial charge in [-0.05, 0) is 56.6 Å². The Morgan fingerprint density at radius 2 is 1.72 bits per heavy atom. The van der Waals surface area contributed by atoms with Gasteiger partial charge in [0.2, 0.25) is 10.0 Å². The molecule has 132 valence electrons. The van der Waals surface area contributed by atoms with Gasteiger partial charge in [-0.3, -0.25) is 4.79 Å². The number of carbonyl (C=O) groups is 1. The second-order valence-corrected chi connectivity index (χ2v) is 8.19. The van der Waals surface area contributed by atoms with Crippen LogP contribution in [-0.4, -0.2) is 32.8 Å². The molecule has 0 bridgehead atoms. The molecule has 2 aromatic carbocycles. The average Bonchev–Trinajstić information content (AvgIpc) is 3.11. The van der Waals surface area contributed by atoms with Crippen molar-refractivity contribution in [1.29, 1.82) is 0 Å². The van der Waals surface area contributed by atoms with Crippen LogP contribution in [0.4, 0.5) is 0 Å². The van der Waals surface area contributed by atoms with E-state index in [4.69, 9.17) is 0 Å². The summed E-state index contributed by atoms with van der Waals surface area (Å²) in [6, 6.07) is 14.5. The van der Waals surface area contributed by atoms with Gasteiger partial charge in [-0.25, -0.2) is 13.1 Å². The molecule has 0 radical (unpaired) electrons. The molecule has 1 saturated heterocycles. The molecule has 2 aromatic rings. The van der Waals surface area contributed by atoms with E-state index in [9.17, 15) is 13.2 Å². The first kappa shape index (κ1) is 17.6. The van der Waals surface area contributed by atoms with Crippen LogP contribution in [-0.2, 0) is 10.0 Å². The molecule has 1 aliphatic rings. The van der Waals surface area contributed by atoms with Crippen molar-refractivity contribution in [2.45, 2.75) is 30.7 Å². The van der Waals surface area contributed by atoms with E-state index in [0.717, 1.165) is 18.4 Å². The number of amides is 1. The first-order chi connectivity index (χ1) is 11.9. The summed E-state index contributed by atoms with van der Waals surface area (Å²) in [5.41, 5.74) is 2.85. The predicted octanol–water partition coefficient (Wildman–Crippen LogP) is 2.88. The van der Waals surface area contributed by atoms with E-state index in [-0.39, 0.29) is 16.8 Å². The van der Waals surface area contributed by atoms with Crippen LogP contribution >= 0.6 is 0 Å². The van der Waals surface area contributed by atoms with E-state index in [1.165, 1.54) is 24.7 Å². The molecule has 6 heteroatoms. The fraction of sp³-hybridized carbons (Fsp3) is 0.316. The van der Waals surface area contributed by atoms with Crippen molar-refractivity contribution < 1.29 is 13.2 Å². The number of aryl methyl sites for hydroxylation is 1. The summed E-state index contributed by atoms with van der Waals surface area (Å²) in [6.45, 7) is 2.76. The molecule has 0 aromatic heterocycles. The topological polar surface area (TPSA) is 66.5 Å². The van der Waals surface area contributed by atoms with Crippen molar-refractivity contribution in [2.75, 3.05) is 13.6 Å². The summed E-state index contributed by atoms with van der Waals surface area (Å²) in [4.78, 5) is 14.9. The first-order valence-electron chi connectivity index (χ1n) is 8.33. The lowest BCUT2D eigenvalue weighted by atomic mass is 10.0. The van der Waals surface area contributed by atoms with Gasteiger partial charge in [-0.15, -0.1) is 0 Å². The summed E-state index contributed by atoms with van der Waals surface area (Å²) in [5, 5.41) is 0. The van der Waals surface area contributed by atoms with Crippen molar-refractivity contribution in [3.8, 4) is 0 Å². The maximum atomic E-state index is 12.9. The highest BCUT2D eigenvalue weighted by molar-refractivity contribution is 7.89. The summed E-state index contributed by atoms with van der Waals surface area (Å²) in [5.74, 6) is -0.0588. The Morgan fingerprint density at radius 3 is 2.32 bits per heavy atom. The predicted molar refractivity (Wildman–Crippen MR) is 96.9 cm³/mol. The maximum absolute atomic E-state index is 12.9. The van der Waals surface area contributed by atoms with Crippen LogP contribution in [0, 0.1) is 6.92 Å². The number of nitrogens with one attached hydrogen (secondary N) is 1. The van der Waals surface area contributed by atoms with Crippen molar-refractivity contribution in [3.63, 3.8) is 0 Å². The Balaban J connectivity index is 1.83. The third kappa shape index (κ3) is 3.60. The molecule has 1 amide bonds. The van der Waals surface area contributed by atoms with Gasteiger partial charge in [0.25, 0.3) is 5.91 Å². The second kappa shape index (κ2) is 6.98. The number of nitrogens with zero attached hydrogens (tertiary/aromatic N) is 1. The van der Waals surface area contributed by atoms with E-state index >= 15 is 0 Å². The molecule has 1 aliphatic heterocycles. The van der Waals surface area contributed by atoms with Gasteiger partial charge < -0.3 is 4.90 Å². The van der Waals surface area contributed by atoms with Crippen LogP contribution in [0.15, 0.2) is 53.4 Å². The van der Waals surface area contributed by atoms with Crippen LogP contribution in [0.2, 0.25) is 0 Å². The zero-order valence-corrected chi connectivity index (χ0v) is 15.2. The number of rotatable bonds is 4. The van der Waals surface area contributed by atoms with Crippen LogP contribution in [0.25, 0.3) is 0 Å².